The van der Waals surface area contributed by atoms with Crippen molar-refractivity contribution < 1.29 is 8.42 Å². The van der Waals surface area contributed by atoms with E-state index in [1.54, 1.807) is 31.2 Å². The normalized spacial score (nSPS) is 11.2. The van der Waals surface area contributed by atoms with E-state index in [-0.39, 0.29) is 4.90 Å². The molecule has 112 valence electrons. The summed E-state index contributed by atoms with van der Waals surface area (Å²) in [5, 5.41) is 3.36. The molecule has 0 saturated carbocycles. The highest BCUT2D eigenvalue weighted by atomic mass is 35.5. The van der Waals surface area contributed by atoms with Crippen LogP contribution in [0.25, 0.3) is 0 Å². The van der Waals surface area contributed by atoms with Gasteiger partial charge in [0, 0.05) is 12.7 Å². The Bertz CT molecular complexity index is 710. The number of aryl methyl sites for hydroxylation is 1. The predicted octanol–water partition coefficient (Wildman–Crippen LogP) is 3.28. The molecule has 2 aromatic rings. The SMILES string of the molecule is CCNc1ccc(S(=O)(=O)Nc2c(C)cccc2Cl)cn1. The first-order chi connectivity index (χ1) is 9.94. The van der Waals surface area contributed by atoms with Crippen molar-refractivity contribution in [1.82, 2.24) is 4.98 Å². The Balaban J connectivity index is 2.30. The number of hydrogen-bond acceptors (Lipinski definition) is 4. The van der Waals surface area contributed by atoms with Gasteiger partial charge in [-0.2, -0.15) is 0 Å². The zero-order chi connectivity index (χ0) is 15.5. The number of rotatable bonds is 5. The molecule has 0 amide bonds. The lowest BCUT2D eigenvalue weighted by atomic mass is 10.2. The zero-order valence-electron chi connectivity index (χ0n) is 11.7. The van der Waals surface area contributed by atoms with Crippen molar-refractivity contribution in [3.05, 3.63) is 47.1 Å². The molecule has 0 aliphatic heterocycles. The van der Waals surface area contributed by atoms with E-state index in [0.29, 0.717) is 16.5 Å². The molecule has 0 spiro atoms. The van der Waals surface area contributed by atoms with Crippen LogP contribution in [0.1, 0.15) is 12.5 Å². The summed E-state index contributed by atoms with van der Waals surface area (Å²) in [6.07, 6.45) is 1.31. The summed E-state index contributed by atoms with van der Waals surface area (Å²) in [6.45, 7) is 4.44. The molecule has 0 atom stereocenters. The maximum Gasteiger partial charge on any atom is 0.263 e. The lowest BCUT2D eigenvalue weighted by molar-refractivity contribution is 0.601. The van der Waals surface area contributed by atoms with E-state index in [1.165, 1.54) is 12.3 Å². The van der Waals surface area contributed by atoms with Gasteiger partial charge >= 0.3 is 0 Å². The van der Waals surface area contributed by atoms with E-state index in [9.17, 15) is 8.42 Å². The van der Waals surface area contributed by atoms with Crippen LogP contribution in [0.3, 0.4) is 0 Å². The first-order valence-corrected chi connectivity index (χ1v) is 8.28. The van der Waals surface area contributed by atoms with Crippen molar-refractivity contribution in [2.45, 2.75) is 18.7 Å². The minimum Gasteiger partial charge on any atom is -0.370 e. The standard InChI is InChI=1S/C14H16ClN3O2S/c1-3-16-13-8-7-11(9-17-13)21(19,20)18-14-10(2)5-4-6-12(14)15/h4-9,18H,3H2,1-2H3,(H,16,17). The topological polar surface area (TPSA) is 71.1 Å². The Morgan fingerprint density at radius 3 is 2.57 bits per heavy atom. The lowest BCUT2D eigenvalue weighted by Crippen LogP contribution is -2.14. The molecular formula is C14H16ClN3O2S. The summed E-state index contributed by atoms with van der Waals surface area (Å²) in [5.74, 6) is 0.630. The number of halogens is 1. The zero-order valence-corrected chi connectivity index (χ0v) is 13.3. The van der Waals surface area contributed by atoms with Crippen LogP contribution in [0.2, 0.25) is 5.02 Å². The van der Waals surface area contributed by atoms with Gasteiger partial charge in [-0.3, -0.25) is 4.72 Å². The minimum atomic E-state index is -3.71. The molecular weight excluding hydrogens is 310 g/mol. The Labute approximate surface area is 129 Å². The van der Waals surface area contributed by atoms with Gasteiger partial charge < -0.3 is 5.32 Å². The summed E-state index contributed by atoms with van der Waals surface area (Å²) in [4.78, 5) is 4.14. The molecule has 0 unspecified atom stereocenters. The molecule has 1 aromatic heterocycles. The molecule has 0 aliphatic rings. The van der Waals surface area contributed by atoms with E-state index in [4.69, 9.17) is 11.6 Å². The van der Waals surface area contributed by atoms with Crippen LogP contribution in [0, 0.1) is 6.92 Å². The summed E-state index contributed by atoms with van der Waals surface area (Å²) in [5.41, 5.74) is 1.14. The molecule has 0 radical (unpaired) electrons. The largest absolute Gasteiger partial charge is 0.370 e. The first kappa shape index (κ1) is 15.6. The Hall–Kier alpha value is -1.79. The molecule has 0 bridgehead atoms. The van der Waals surface area contributed by atoms with Crippen LogP contribution in [-0.4, -0.2) is 19.9 Å². The van der Waals surface area contributed by atoms with Crippen LogP contribution in [-0.2, 0) is 10.0 Å². The number of nitrogens with zero attached hydrogens (tertiary/aromatic N) is 1. The minimum absolute atomic E-state index is 0.0865. The van der Waals surface area contributed by atoms with E-state index < -0.39 is 10.0 Å². The van der Waals surface area contributed by atoms with Gasteiger partial charge in [0.05, 0.1) is 10.7 Å². The smallest absolute Gasteiger partial charge is 0.263 e. The molecule has 21 heavy (non-hydrogen) atoms. The van der Waals surface area contributed by atoms with Gasteiger partial charge in [0.25, 0.3) is 10.0 Å². The highest BCUT2D eigenvalue weighted by Crippen LogP contribution is 2.27. The highest BCUT2D eigenvalue weighted by molar-refractivity contribution is 7.92. The third-order valence-electron chi connectivity index (χ3n) is 2.86. The molecule has 0 saturated heterocycles. The number of aromatic nitrogens is 1. The van der Waals surface area contributed by atoms with Crippen LogP contribution in [0.5, 0.6) is 0 Å². The highest BCUT2D eigenvalue weighted by Gasteiger charge is 2.17. The number of hydrogen-bond donors (Lipinski definition) is 2. The van der Waals surface area contributed by atoms with E-state index in [1.807, 2.05) is 6.92 Å². The number of benzene rings is 1. The number of anilines is 2. The second-order valence-corrected chi connectivity index (χ2v) is 6.54. The quantitative estimate of drug-likeness (QED) is 0.885. The van der Waals surface area contributed by atoms with Gasteiger partial charge in [-0.15, -0.1) is 0 Å². The van der Waals surface area contributed by atoms with Gasteiger partial charge in [0.2, 0.25) is 0 Å². The Morgan fingerprint density at radius 1 is 1.24 bits per heavy atom. The third-order valence-corrected chi connectivity index (χ3v) is 4.51. The van der Waals surface area contributed by atoms with Crippen molar-refractivity contribution in [3.63, 3.8) is 0 Å². The third kappa shape index (κ3) is 3.65. The second-order valence-electron chi connectivity index (χ2n) is 4.45. The molecule has 1 aromatic carbocycles. The molecule has 2 N–H and O–H groups in total. The van der Waals surface area contributed by atoms with Gasteiger partial charge in [0.15, 0.2) is 0 Å². The lowest BCUT2D eigenvalue weighted by Gasteiger charge is -2.12. The Morgan fingerprint density at radius 2 is 2.00 bits per heavy atom. The van der Waals surface area contributed by atoms with E-state index in [0.717, 1.165) is 12.1 Å². The summed E-state index contributed by atoms with van der Waals surface area (Å²) in [7, 11) is -3.71. The van der Waals surface area contributed by atoms with Crippen LogP contribution in [0.15, 0.2) is 41.4 Å². The predicted molar refractivity (Wildman–Crippen MR) is 85.4 cm³/mol. The van der Waals surface area contributed by atoms with Crippen molar-refractivity contribution >= 4 is 33.1 Å². The number of sulfonamides is 1. The fourth-order valence-corrected chi connectivity index (χ4v) is 3.20. The van der Waals surface area contributed by atoms with Gasteiger partial charge in [-0.25, -0.2) is 13.4 Å². The van der Waals surface area contributed by atoms with Crippen LogP contribution in [0.4, 0.5) is 11.5 Å². The van der Waals surface area contributed by atoms with E-state index in [2.05, 4.69) is 15.0 Å². The fraction of sp³-hybridized carbons (Fsp3) is 0.214. The maximum atomic E-state index is 12.3. The first-order valence-electron chi connectivity index (χ1n) is 6.42. The number of para-hydroxylation sites is 1. The van der Waals surface area contributed by atoms with Gasteiger partial charge in [0.1, 0.15) is 10.7 Å². The van der Waals surface area contributed by atoms with Crippen molar-refractivity contribution in [3.8, 4) is 0 Å². The average Bonchev–Trinajstić information content (AvgIpc) is 2.44. The number of nitrogens with one attached hydrogen (secondary N) is 2. The van der Waals surface area contributed by atoms with Crippen molar-refractivity contribution in [1.29, 1.82) is 0 Å². The van der Waals surface area contributed by atoms with Crippen molar-refractivity contribution in [2.24, 2.45) is 0 Å². The Kier molecular flexibility index (Phi) is 4.69. The van der Waals surface area contributed by atoms with E-state index >= 15 is 0 Å². The maximum absolute atomic E-state index is 12.3. The average molecular weight is 326 g/mol. The second kappa shape index (κ2) is 6.32. The van der Waals surface area contributed by atoms with Crippen molar-refractivity contribution in [2.75, 3.05) is 16.6 Å². The molecule has 5 nitrogen and oxygen atoms in total. The monoisotopic (exact) mass is 325 g/mol. The fourth-order valence-electron chi connectivity index (χ4n) is 1.78. The molecule has 2 rings (SSSR count). The molecule has 1 heterocycles. The molecule has 7 heteroatoms. The van der Waals surface area contributed by atoms with Crippen LogP contribution < -0.4 is 10.0 Å². The summed E-state index contributed by atoms with van der Waals surface area (Å²) in [6, 6.07) is 8.31. The van der Waals surface area contributed by atoms with Crippen LogP contribution >= 0.6 is 11.6 Å². The number of pyridine rings is 1. The summed E-state index contributed by atoms with van der Waals surface area (Å²) < 4.78 is 27.2. The van der Waals surface area contributed by atoms with Gasteiger partial charge in [-0.05, 0) is 37.6 Å². The van der Waals surface area contributed by atoms with Gasteiger partial charge in [-0.1, -0.05) is 23.7 Å². The molecule has 0 fully saturated rings. The molecule has 0 aliphatic carbocycles. The summed E-state index contributed by atoms with van der Waals surface area (Å²) >= 11 is 6.04.